The molecule has 582 valence electrons. The fourth-order valence-corrected chi connectivity index (χ4v) is 13.7. The largest absolute Gasteiger partial charge is 0.472 e. The molecule has 19 heteroatoms. The Labute approximate surface area is 600 Å². The molecule has 0 spiro atoms. The number of carbonyl (C=O) groups is 4. The van der Waals surface area contributed by atoms with E-state index in [1.165, 1.54) is 205 Å². The molecule has 17 nitrogen and oxygen atoms in total. The standard InChI is InChI=1S/C79H154O17P2/c1-69(2)55-47-39-31-23-17-12-9-10-14-21-27-37-45-53-61-78(83)95-74(65-89-76(81)59-51-43-35-26-20-15-11-13-18-24-32-40-48-56-70(3)4)67-93-97(85,86)91-63-73(80)64-92-98(87,88)94-68-75(66-90-77(82)60-52-44-36-30-29-34-42-50-58-72(7)8)96-79(84)62-54-46-38-28-22-16-19-25-33-41-49-57-71(5)6/h69-75,80H,9-68H2,1-8H3,(H,85,86)(H,87,88)/t73-,74-,75-/m1/s1. The SMILES string of the molecule is CC(C)CCCCCCCCCCCCCCCCC(=O)O[C@H](COC(=O)CCCCCCCCCCCCCCCC(C)C)COP(=O)(O)OC[C@@H](O)COP(=O)(O)OC[C@@H](COC(=O)CCCCCCCCCCC(C)C)OC(=O)CCCCCCCCCCCCCC(C)C. The third-order valence-corrected chi connectivity index (χ3v) is 20.2. The number of ether oxygens (including phenoxy) is 4. The Hall–Kier alpha value is -1.94. The van der Waals surface area contributed by atoms with Crippen molar-refractivity contribution in [2.75, 3.05) is 39.6 Å². The molecule has 0 fully saturated rings. The average molecular weight is 1440 g/mol. The minimum atomic E-state index is -4.96. The lowest BCUT2D eigenvalue weighted by molar-refractivity contribution is -0.161. The number of phosphoric ester groups is 2. The lowest BCUT2D eigenvalue weighted by Crippen LogP contribution is -2.30. The van der Waals surface area contributed by atoms with Crippen molar-refractivity contribution in [3.8, 4) is 0 Å². The van der Waals surface area contributed by atoms with E-state index in [2.05, 4.69) is 55.4 Å². The minimum absolute atomic E-state index is 0.106. The number of phosphoric acid groups is 2. The number of unbranched alkanes of at least 4 members (excludes halogenated alkanes) is 42. The Balaban J connectivity index is 5.26. The molecule has 0 aromatic carbocycles. The highest BCUT2D eigenvalue weighted by Gasteiger charge is 2.30. The molecule has 0 aromatic rings. The number of aliphatic hydroxyl groups excluding tert-OH is 1. The lowest BCUT2D eigenvalue weighted by atomic mass is 10.0. The highest BCUT2D eigenvalue weighted by molar-refractivity contribution is 7.47. The molecule has 0 amide bonds. The van der Waals surface area contributed by atoms with Gasteiger partial charge < -0.3 is 33.8 Å². The predicted molar refractivity (Wildman–Crippen MR) is 400 cm³/mol. The average Bonchev–Trinajstić information content (AvgIpc) is 0.977. The van der Waals surface area contributed by atoms with Gasteiger partial charge in [-0.2, -0.15) is 0 Å². The minimum Gasteiger partial charge on any atom is -0.462 e. The van der Waals surface area contributed by atoms with Crippen LogP contribution >= 0.6 is 15.6 Å². The molecule has 0 aliphatic rings. The number of carbonyl (C=O) groups excluding carboxylic acids is 4. The van der Waals surface area contributed by atoms with Crippen LogP contribution in [0.5, 0.6) is 0 Å². The van der Waals surface area contributed by atoms with Gasteiger partial charge in [-0.3, -0.25) is 37.3 Å². The summed E-state index contributed by atoms with van der Waals surface area (Å²) >= 11 is 0. The van der Waals surface area contributed by atoms with E-state index in [0.29, 0.717) is 25.7 Å². The van der Waals surface area contributed by atoms with Crippen LogP contribution in [0.1, 0.15) is 402 Å². The van der Waals surface area contributed by atoms with Gasteiger partial charge in [0.1, 0.15) is 19.3 Å². The van der Waals surface area contributed by atoms with Gasteiger partial charge in [0, 0.05) is 25.7 Å². The third-order valence-electron chi connectivity index (χ3n) is 18.3. The van der Waals surface area contributed by atoms with E-state index in [4.69, 9.17) is 37.0 Å². The summed E-state index contributed by atoms with van der Waals surface area (Å²) in [6.45, 7) is 14.2. The summed E-state index contributed by atoms with van der Waals surface area (Å²) in [7, 11) is -9.92. The van der Waals surface area contributed by atoms with Crippen molar-refractivity contribution >= 4 is 39.5 Å². The van der Waals surface area contributed by atoms with Gasteiger partial charge in [0.2, 0.25) is 0 Å². The van der Waals surface area contributed by atoms with E-state index < -0.39 is 97.5 Å². The summed E-state index contributed by atoms with van der Waals surface area (Å²) in [4.78, 5) is 73.0. The van der Waals surface area contributed by atoms with Gasteiger partial charge in [-0.05, 0) is 49.4 Å². The van der Waals surface area contributed by atoms with Crippen LogP contribution in [0.3, 0.4) is 0 Å². The molecular weight excluding hydrogens is 1280 g/mol. The second-order valence-corrected chi connectivity index (χ2v) is 33.3. The first-order valence-corrected chi connectivity index (χ1v) is 43.7. The van der Waals surface area contributed by atoms with Gasteiger partial charge in [0.15, 0.2) is 12.2 Å². The maximum Gasteiger partial charge on any atom is 0.472 e. The van der Waals surface area contributed by atoms with E-state index in [1.54, 1.807) is 0 Å². The summed E-state index contributed by atoms with van der Waals surface area (Å²) in [5, 5.41) is 10.6. The zero-order chi connectivity index (χ0) is 72.4. The van der Waals surface area contributed by atoms with Crippen molar-refractivity contribution in [2.24, 2.45) is 23.7 Å². The molecule has 0 heterocycles. The Morgan fingerprint density at radius 1 is 0.255 bits per heavy atom. The molecule has 2 unspecified atom stereocenters. The smallest absolute Gasteiger partial charge is 0.462 e. The van der Waals surface area contributed by atoms with Crippen LogP contribution in [0.15, 0.2) is 0 Å². The second-order valence-electron chi connectivity index (χ2n) is 30.4. The molecule has 0 saturated carbocycles. The highest BCUT2D eigenvalue weighted by Crippen LogP contribution is 2.45. The molecule has 3 N–H and O–H groups in total. The van der Waals surface area contributed by atoms with E-state index >= 15 is 0 Å². The molecular formula is C79H154O17P2. The van der Waals surface area contributed by atoms with Crippen molar-refractivity contribution in [3.05, 3.63) is 0 Å². The lowest BCUT2D eigenvalue weighted by Gasteiger charge is -2.21. The normalized spacial score (nSPS) is 14.1. The molecule has 0 aliphatic carbocycles. The van der Waals surface area contributed by atoms with Crippen molar-refractivity contribution in [1.82, 2.24) is 0 Å². The number of rotatable bonds is 76. The molecule has 0 radical (unpaired) electrons. The Bertz CT molecular complexity index is 1920. The van der Waals surface area contributed by atoms with Crippen LogP contribution in [0.2, 0.25) is 0 Å². The Morgan fingerprint density at radius 2 is 0.429 bits per heavy atom. The summed E-state index contributed by atoms with van der Waals surface area (Å²) in [5.74, 6) is 0.962. The highest BCUT2D eigenvalue weighted by atomic mass is 31.2. The molecule has 0 aromatic heterocycles. The third kappa shape index (κ3) is 72.4. The van der Waals surface area contributed by atoms with E-state index in [0.717, 1.165) is 114 Å². The number of esters is 4. The number of hydrogen-bond acceptors (Lipinski definition) is 15. The molecule has 98 heavy (non-hydrogen) atoms. The van der Waals surface area contributed by atoms with Crippen LogP contribution in [-0.2, 0) is 65.4 Å². The van der Waals surface area contributed by atoms with Gasteiger partial charge in [-0.25, -0.2) is 9.13 Å². The van der Waals surface area contributed by atoms with Crippen LogP contribution in [-0.4, -0.2) is 96.7 Å². The topological polar surface area (TPSA) is 237 Å². The molecule has 5 atom stereocenters. The van der Waals surface area contributed by atoms with E-state index in [1.807, 2.05) is 0 Å². The summed E-state index contributed by atoms with van der Waals surface area (Å²) in [6, 6.07) is 0. The van der Waals surface area contributed by atoms with Crippen molar-refractivity contribution < 1.29 is 80.2 Å². The summed E-state index contributed by atoms with van der Waals surface area (Å²) in [6.07, 6.45) is 54.1. The zero-order valence-corrected chi connectivity index (χ0v) is 66.2. The molecule has 0 saturated heterocycles. The van der Waals surface area contributed by atoms with Gasteiger partial charge in [0.25, 0.3) is 0 Å². The first-order valence-electron chi connectivity index (χ1n) is 40.7. The maximum atomic E-state index is 13.1. The van der Waals surface area contributed by atoms with Crippen LogP contribution in [0.25, 0.3) is 0 Å². The van der Waals surface area contributed by atoms with E-state index in [9.17, 15) is 43.2 Å². The van der Waals surface area contributed by atoms with Crippen molar-refractivity contribution in [1.29, 1.82) is 0 Å². The van der Waals surface area contributed by atoms with Gasteiger partial charge in [-0.15, -0.1) is 0 Å². The second kappa shape index (κ2) is 68.2. The van der Waals surface area contributed by atoms with Crippen molar-refractivity contribution in [3.63, 3.8) is 0 Å². The van der Waals surface area contributed by atoms with Gasteiger partial charge in [-0.1, -0.05) is 351 Å². The van der Waals surface area contributed by atoms with E-state index in [-0.39, 0.29) is 25.7 Å². The fourth-order valence-electron chi connectivity index (χ4n) is 12.1. The predicted octanol–water partition coefficient (Wildman–Crippen LogP) is 23.2. The zero-order valence-electron chi connectivity index (χ0n) is 64.4. The van der Waals surface area contributed by atoms with Gasteiger partial charge in [0.05, 0.1) is 26.4 Å². The summed E-state index contributed by atoms with van der Waals surface area (Å²) in [5.41, 5.74) is 0. The van der Waals surface area contributed by atoms with Crippen LogP contribution < -0.4 is 0 Å². The Morgan fingerprint density at radius 3 is 0.633 bits per heavy atom. The molecule has 0 bridgehead atoms. The first kappa shape index (κ1) is 96.1. The maximum absolute atomic E-state index is 13.1. The van der Waals surface area contributed by atoms with Crippen LogP contribution in [0, 0.1) is 23.7 Å². The summed E-state index contributed by atoms with van der Waals surface area (Å²) < 4.78 is 68.7. The molecule has 0 rings (SSSR count). The quantitative estimate of drug-likeness (QED) is 0.0222. The number of aliphatic hydroxyl groups is 1. The Kier molecular flexibility index (Phi) is 66.8. The number of hydrogen-bond donors (Lipinski definition) is 3. The van der Waals surface area contributed by atoms with Crippen molar-refractivity contribution in [2.45, 2.75) is 420 Å². The van der Waals surface area contributed by atoms with Gasteiger partial charge >= 0.3 is 39.5 Å². The first-order chi connectivity index (χ1) is 47.1. The fraction of sp³-hybridized carbons (Fsp3) is 0.949. The molecule has 0 aliphatic heterocycles. The van der Waals surface area contributed by atoms with Crippen LogP contribution in [0.4, 0.5) is 0 Å². The monoisotopic (exact) mass is 1440 g/mol.